The fourth-order valence-corrected chi connectivity index (χ4v) is 9.69. The molecule has 0 bridgehead atoms. The van der Waals surface area contributed by atoms with E-state index in [1.165, 1.54) is 180 Å². The van der Waals surface area contributed by atoms with E-state index in [9.17, 15) is 40.5 Å². The summed E-state index contributed by atoms with van der Waals surface area (Å²) >= 11 is 0. The van der Waals surface area contributed by atoms with Crippen LogP contribution < -0.4 is 5.32 Å². The highest BCUT2D eigenvalue weighted by molar-refractivity contribution is 5.80. The number of unbranched alkanes of at least 4 members (excludes halogenated alkanes) is 34. The molecule has 9 atom stereocenters. The monoisotopic (exact) mass is 1020 g/mol. The molecule has 0 aromatic carbocycles. The van der Waals surface area contributed by atoms with Crippen molar-refractivity contribution in [3.8, 4) is 0 Å². The molecule has 424 valence electrons. The minimum atomic E-state index is -1.67. The van der Waals surface area contributed by atoms with Crippen LogP contribution in [0.15, 0.2) is 36.5 Å². The van der Waals surface area contributed by atoms with E-state index in [0.29, 0.717) is 19.3 Å². The maximum absolute atomic E-state index is 13.2. The van der Waals surface area contributed by atoms with E-state index < -0.39 is 74.2 Å². The summed E-state index contributed by atoms with van der Waals surface area (Å²) in [5.74, 6) is -0.717. The number of nitrogens with one attached hydrogen (secondary N) is 1. The highest BCUT2D eigenvalue weighted by Gasteiger charge is 2.44. The largest absolute Gasteiger partial charge is 0.394 e. The number of allylic oxidation sites excluding steroid dienone is 6. The van der Waals surface area contributed by atoms with Gasteiger partial charge in [-0.2, -0.15) is 0 Å². The van der Waals surface area contributed by atoms with Crippen LogP contribution in [-0.2, 0) is 14.3 Å². The molecule has 0 aromatic heterocycles. The maximum atomic E-state index is 13.2. The van der Waals surface area contributed by atoms with Gasteiger partial charge in [-0.05, 0) is 77.0 Å². The molecule has 1 heterocycles. The van der Waals surface area contributed by atoms with E-state index in [-0.39, 0.29) is 12.8 Å². The minimum Gasteiger partial charge on any atom is -0.394 e. The number of ether oxygens (including phenoxy) is 2. The van der Waals surface area contributed by atoms with Gasteiger partial charge in [0.2, 0.25) is 5.91 Å². The van der Waals surface area contributed by atoms with Crippen LogP contribution in [0.5, 0.6) is 0 Å². The molecule has 9 unspecified atom stereocenters. The molecule has 1 saturated heterocycles. The number of aliphatic hydroxyl groups is 7. The summed E-state index contributed by atoms with van der Waals surface area (Å²) in [6.45, 7) is 3.45. The number of aliphatic hydroxyl groups excluding tert-OH is 7. The Morgan fingerprint density at radius 1 is 0.472 bits per heavy atom. The van der Waals surface area contributed by atoms with Gasteiger partial charge in [0.1, 0.15) is 36.6 Å². The first-order valence-corrected chi connectivity index (χ1v) is 30.4. The van der Waals surface area contributed by atoms with Crippen molar-refractivity contribution >= 4 is 5.91 Å². The smallest absolute Gasteiger partial charge is 0.249 e. The van der Waals surface area contributed by atoms with Crippen molar-refractivity contribution in [1.29, 1.82) is 0 Å². The zero-order valence-electron chi connectivity index (χ0n) is 46.4. The van der Waals surface area contributed by atoms with Crippen LogP contribution in [0.3, 0.4) is 0 Å². The fraction of sp³-hybridized carbons (Fsp3) is 0.885. The first-order chi connectivity index (χ1) is 35.2. The first kappa shape index (κ1) is 68.3. The zero-order valence-corrected chi connectivity index (χ0v) is 46.4. The van der Waals surface area contributed by atoms with E-state index in [1.807, 2.05) is 0 Å². The second kappa shape index (κ2) is 50.2. The van der Waals surface area contributed by atoms with Crippen molar-refractivity contribution in [3.05, 3.63) is 36.5 Å². The molecule has 0 radical (unpaired) electrons. The lowest BCUT2D eigenvalue weighted by Gasteiger charge is -2.40. The van der Waals surface area contributed by atoms with Gasteiger partial charge >= 0.3 is 0 Å². The van der Waals surface area contributed by atoms with E-state index in [0.717, 1.165) is 51.4 Å². The van der Waals surface area contributed by atoms with Gasteiger partial charge in [-0.3, -0.25) is 4.79 Å². The van der Waals surface area contributed by atoms with Crippen LogP contribution in [-0.4, -0.2) is 110 Å². The van der Waals surface area contributed by atoms with Gasteiger partial charge in [0, 0.05) is 0 Å². The molecule has 11 heteroatoms. The summed E-state index contributed by atoms with van der Waals surface area (Å²) in [6, 6.07) is -1.20. The lowest BCUT2D eigenvalue weighted by atomic mass is 9.98. The molecule has 72 heavy (non-hydrogen) atoms. The summed E-state index contributed by atoms with van der Waals surface area (Å²) in [5.41, 5.74) is 0. The number of amides is 1. The van der Waals surface area contributed by atoms with Gasteiger partial charge in [0.25, 0.3) is 0 Å². The maximum Gasteiger partial charge on any atom is 0.249 e. The van der Waals surface area contributed by atoms with E-state index >= 15 is 0 Å². The minimum absolute atomic E-state index is 0.237. The summed E-state index contributed by atoms with van der Waals surface area (Å²) in [6.07, 6.45) is 50.7. The highest BCUT2D eigenvalue weighted by Crippen LogP contribution is 2.23. The Balaban J connectivity index is 2.31. The molecule has 0 aromatic rings. The molecule has 8 N–H and O–H groups in total. The molecule has 1 aliphatic rings. The Bertz CT molecular complexity index is 1260. The predicted molar refractivity (Wildman–Crippen MR) is 298 cm³/mol. The van der Waals surface area contributed by atoms with Gasteiger partial charge in [-0.1, -0.05) is 237 Å². The highest BCUT2D eigenvalue weighted by atomic mass is 16.7. The first-order valence-electron chi connectivity index (χ1n) is 30.4. The van der Waals surface area contributed by atoms with Crippen LogP contribution in [0.2, 0.25) is 0 Å². The Hall–Kier alpha value is -1.67. The van der Waals surface area contributed by atoms with Crippen LogP contribution in [0, 0.1) is 0 Å². The molecule has 0 spiro atoms. The summed E-state index contributed by atoms with van der Waals surface area (Å²) in [5, 5.41) is 76.1. The van der Waals surface area contributed by atoms with Crippen molar-refractivity contribution in [3.63, 3.8) is 0 Å². The van der Waals surface area contributed by atoms with E-state index in [4.69, 9.17) is 9.47 Å². The van der Waals surface area contributed by atoms with Crippen molar-refractivity contribution in [2.24, 2.45) is 0 Å². The van der Waals surface area contributed by atoms with Crippen LogP contribution in [0.25, 0.3) is 0 Å². The second-order valence-corrected chi connectivity index (χ2v) is 21.4. The number of carbonyl (C=O) groups excluding carboxylic acids is 1. The average Bonchev–Trinajstić information content (AvgIpc) is 3.38. The molecule has 0 saturated carbocycles. The van der Waals surface area contributed by atoms with Crippen molar-refractivity contribution < 1.29 is 50.0 Å². The third-order valence-corrected chi connectivity index (χ3v) is 14.6. The topological polar surface area (TPSA) is 189 Å². The van der Waals surface area contributed by atoms with E-state index in [2.05, 4.69) is 55.6 Å². The van der Waals surface area contributed by atoms with E-state index in [1.54, 1.807) is 0 Å². The molecular weight excluding hydrogens is 907 g/mol. The fourth-order valence-electron chi connectivity index (χ4n) is 9.69. The van der Waals surface area contributed by atoms with Gasteiger partial charge in [0.15, 0.2) is 6.29 Å². The zero-order chi connectivity index (χ0) is 52.5. The van der Waals surface area contributed by atoms with Gasteiger partial charge < -0.3 is 50.5 Å². The standard InChI is InChI=1S/C61H115NO10/c1-3-5-7-9-11-13-15-17-19-21-22-23-24-25-26-27-28-29-30-31-33-34-36-38-40-42-44-46-48-53(64)56(66)52(51-71-61-59(69)58(68)57(67)55(50-63)72-61)62-60(70)54(65)49-47-45-43-41-39-37-35-32-20-18-16-14-12-10-8-6-4-2/h33-35,37,40,42,52-59,61,63-69H,3-32,36,38-39,41,43-51H2,1-2H3,(H,62,70)/b34-33+,37-35-,42-40+. The number of rotatable bonds is 52. The Kier molecular flexibility index (Phi) is 47.6. The lowest BCUT2D eigenvalue weighted by molar-refractivity contribution is -0.303. The number of hydrogen-bond donors (Lipinski definition) is 8. The predicted octanol–water partition coefficient (Wildman–Crippen LogP) is 13.1. The Morgan fingerprint density at radius 3 is 1.24 bits per heavy atom. The SMILES string of the molecule is CCCCCCCCCCC/C=C\CCCCCCC(O)C(=O)NC(COC1OC(CO)C(O)C(O)C1O)C(O)C(O)CCC/C=C/CC/C=C/CCCCCCCCCCCCCCCCCCCCC. The van der Waals surface area contributed by atoms with Gasteiger partial charge in [-0.15, -0.1) is 0 Å². The van der Waals surface area contributed by atoms with Crippen molar-refractivity contribution in [2.75, 3.05) is 13.2 Å². The summed E-state index contributed by atoms with van der Waals surface area (Å²) in [4.78, 5) is 13.2. The number of hydrogen-bond acceptors (Lipinski definition) is 10. The van der Waals surface area contributed by atoms with Crippen LogP contribution in [0.1, 0.15) is 277 Å². The molecule has 0 aliphatic carbocycles. The normalized spacial score (nSPS) is 20.3. The van der Waals surface area contributed by atoms with Crippen LogP contribution in [0.4, 0.5) is 0 Å². The van der Waals surface area contributed by atoms with Crippen molar-refractivity contribution in [1.82, 2.24) is 5.32 Å². The molecule has 1 rings (SSSR count). The Labute approximate surface area is 441 Å². The molecule has 11 nitrogen and oxygen atoms in total. The number of carbonyl (C=O) groups is 1. The molecule has 1 aliphatic heterocycles. The lowest BCUT2D eigenvalue weighted by Crippen LogP contribution is -2.60. The average molecular weight is 1020 g/mol. The third-order valence-electron chi connectivity index (χ3n) is 14.6. The third kappa shape index (κ3) is 38.0. The van der Waals surface area contributed by atoms with Crippen molar-refractivity contribution in [2.45, 2.75) is 332 Å². The quantitative estimate of drug-likeness (QED) is 0.0215. The molecular formula is C61H115NO10. The second-order valence-electron chi connectivity index (χ2n) is 21.4. The van der Waals surface area contributed by atoms with Crippen LogP contribution >= 0.6 is 0 Å². The molecule has 1 amide bonds. The summed E-state index contributed by atoms with van der Waals surface area (Å²) < 4.78 is 11.1. The summed E-state index contributed by atoms with van der Waals surface area (Å²) in [7, 11) is 0. The molecule has 1 fully saturated rings. The van der Waals surface area contributed by atoms with Gasteiger partial charge in [-0.25, -0.2) is 0 Å². The van der Waals surface area contributed by atoms with Gasteiger partial charge in [0.05, 0.1) is 25.4 Å². The Morgan fingerprint density at radius 2 is 0.833 bits per heavy atom.